The Hall–Kier alpha value is -2.38. The molecule has 2 saturated heterocycles. The number of aliphatic hydroxyl groups excluding tert-OH is 1. The van der Waals surface area contributed by atoms with E-state index in [-0.39, 0.29) is 37.7 Å². The van der Waals surface area contributed by atoms with E-state index < -0.39 is 36.2 Å². The first kappa shape index (κ1) is 29.6. The third-order valence-electron chi connectivity index (χ3n) is 4.32. The van der Waals surface area contributed by atoms with E-state index in [9.17, 15) is 24.3 Å². The van der Waals surface area contributed by atoms with Crippen LogP contribution in [0.3, 0.4) is 0 Å². The molecule has 0 bridgehead atoms. The second kappa shape index (κ2) is 14.6. The molecule has 13 heteroatoms. The van der Waals surface area contributed by atoms with Crippen molar-refractivity contribution >= 4 is 41.4 Å². The van der Waals surface area contributed by atoms with E-state index in [0.717, 1.165) is 26.7 Å². The van der Waals surface area contributed by atoms with E-state index in [4.69, 9.17) is 9.90 Å². The highest BCUT2D eigenvalue weighted by Gasteiger charge is 2.45. The van der Waals surface area contributed by atoms with Crippen LogP contribution in [0.4, 0.5) is 0 Å². The van der Waals surface area contributed by atoms with Crippen molar-refractivity contribution in [2.45, 2.75) is 64.3 Å². The fourth-order valence-electron chi connectivity index (χ4n) is 3.16. The molecule has 0 radical (unpaired) electrons. The summed E-state index contributed by atoms with van der Waals surface area (Å²) in [4.78, 5) is 58.6. The molecule has 2 heterocycles. The number of rotatable bonds is 7. The lowest BCUT2D eigenvalue weighted by Crippen LogP contribution is -2.56. The number of nitrogens with zero attached hydrogens (tertiary/aromatic N) is 1. The molecule has 3 amide bonds. The van der Waals surface area contributed by atoms with Crippen LogP contribution in [0, 0.1) is 0 Å². The fourth-order valence-corrected chi connectivity index (χ4v) is 4.62. The molecule has 184 valence electrons. The van der Waals surface area contributed by atoms with Gasteiger partial charge in [-0.3, -0.25) is 24.0 Å². The summed E-state index contributed by atoms with van der Waals surface area (Å²) in [6.45, 7) is 2.09. The third-order valence-corrected chi connectivity index (χ3v) is 5.67. The highest BCUT2D eigenvalue weighted by atomic mass is 32.2. The molecule has 12 nitrogen and oxygen atoms in total. The quantitative estimate of drug-likeness (QED) is 0.222. The van der Waals surface area contributed by atoms with E-state index in [1.807, 2.05) is 0 Å². The molecule has 2 fully saturated rings. The van der Waals surface area contributed by atoms with Crippen LogP contribution in [-0.4, -0.2) is 94.4 Å². The number of carboxylic acids is 1. The van der Waals surface area contributed by atoms with Crippen molar-refractivity contribution in [3.8, 4) is 0 Å². The average Bonchev–Trinajstić information content (AvgIpc) is 3.01. The van der Waals surface area contributed by atoms with Gasteiger partial charge < -0.3 is 35.8 Å². The molecule has 2 rings (SSSR count). The molecule has 0 aromatic heterocycles. The number of thioether (sulfide) groups is 1. The Morgan fingerprint density at radius 3 is 2.44 bits per heavy atom. The van der Waals surface area contributed by atoms with E-state index in [2.05, 4.69) is 20.7 Å². The first-order chi connectivity index (χ1) is 14.6. The van der Waals surface area contributed by atoms with Gasteiger partial charge in [0.05, 0.1) is 18.5 Å². The summed E-state index contributed by atoms with van der Waals surface area (Å²) in [7, 11) is 1.65. The molecular formula is C19H34N4O8S. The van der Waals surface area contributed by atoms with Gasteiger partial charge in [0.15, 0.2) is 0 Å². The van der Waals surface area contributed by atoms with Crippen molar-refractivity contribution in [2.24, 2.45) is 0 Å². The van der Waals surface area contributed by atoms with Crippen LogP contribution in [-0.2, 0) is 28.7 Å². The van der Waals surface area contributed by atoms with Crippen LogP contribution in [0.2, 0.25) is 0 Å². The monoisotopic (exact) mass is 478 g/mol. The smallest absolute Gasteiger partial charge is 0.304 e. The summed E-state index contributed by atoms with van der Waals surface area (Å²) in [6.07, 6.45) is 0.602. The van der Waals surface area contributed by atoms with Crippen molar-refractivity contribution < 1.29 is 38.9 Å². The minimum Gasteiger partial charge on any atom is -0.481 e. The first-order valence-electron chi connectivity index (χ1n) is 9.77. The van der Waals surface area contributed by atoms with Gasteiger partial charge in [0.2, 0.25) is 24.0 Å². The number of likely N-dealkylation sites (N-methyl/N-ethyl adjacent to an activating group) is 1. The fraction of sp³-hybridized carbons (Fsp3) is 0.737. The number of amides is 3. The van der Waals surface area contributed by atoms with Crippen LogP contribution < -0.4 is 16.0 Å². The lowest BCUT2D eigenvalue weighted by atomic mass is 10.1. The van der Waals surface area contributed by atoms with E-state index in [1.54, 1.807) is 7.05 Å². The van der Waals surface area contributed by atoms with Crippen LogP contribution in [0.25, 0.3) is 0 Å². The number of aliphatic hydroxyl groups is 1. The second-order valence-electron chi connectivity index (χ2n) is 6.96. The first-order valence-corrected chi connectivity index (χ1v) is 10.8. The van der Waals surface area contributed by atoms with Gasteiger partial charge in [-0.1, -0.05) is 7.43 Å². The van der Waals surface area contributed by atoms with Crippen molar-refractivity contribution in [3.63, 3.8) is 0 Å². The molecule has 5 N–H and O–H groups in total. The van der Waals surface area contributed by atoms with Gasteiger partial charge in [-0.2, -0.15) is 0 Å². The number of nitrogens with one attached hydrogen (secondary N) is 3. The molecule has 32 heavy (non-hydrogen) atoms. The lowest BCUT2D eigenvalue weighted by molar-refractivity contribution is -0.165. The van der Waals surface area contributed by atoms with Crippen molar-refractivity contribution in [3.05, 3.63) is 0 Å². The minimum atomic E-state index is -1.44. The normalized spacial score (nSPS) is 22.7. The van der Waals surface area contributed by atoms with E-state index >= 15 is 0 Å². The van der Waals surface area contributed by atoms with Crippen LogP contribution in [0.1, 0.15) is 40.5 Å². The minimum absolute atomic E-state index is 0. The zero-order chi connectivity index (χ0) is 23.6. The highest BCUT2D eigenvalue weighted by Crippen LogP contribution is 2.35. The topological polar surface area (TPSA) is 174 Å². The van der Waals surface area contributed by atoms with Gasteiger partial charge in [0.1, 0.15) is 12.1 Å². The number of carboxylic acid groups (broad SMARTS) is 1. The largest absolute Gasteiger partial charge is 0.481 e. The Balaban J connectivity index is 0.00000177. The van der Waals surface area contributed by atoms with Gasteiger partial charge in [-0.05, 0) is 26.3 Å². The molecule has 0 aromatic rings. The molecule has 4 atom stereocenters. The van der Waals surface area contributed by atoms with Crippen molar-refractivity contribution in [2.75, 3.05) is 25.9 Å². The molecular weight excluding hydrogens is 444 g/mol. The van der Waals surface area contributed by atoms with E-state index in [1.165, 1.54) is 16.7 Å². The Morgan fingerprint density at radius 1 is 1.25 bits per heavy atom. The number of hydrogen-bond donors (Lipinski definition) is 5. The van der Waals surface area contributed by atoms with Gasteiger partial charge >= 0.3 is 5.97 Å². The summed E-state index contributed by atoms with van der Waals surface area (Å²) < 4.78 is 4.56. The molecule has 0 aromatic carbocycles. The summed E-state index contributed by atoms with van der Waals surface area (Å²) in [5, 5.41) is 24.8. The van der Waals surface area contributed by atoms with Crippen LogP contribution >= 0.6 is 11.8 Å². The zero-order valence-electron chi connectivity index (χ0n) is 17.8. The Morgan fingerprint density at radius 2 is 1.88 bits per heavy atom. The number of carbonyl (C=O) groups is 5. The van der Waals surface area contributed by atoms with Gasteiger partial charge in [0, 0.05) is 19.6 Å². The number of esters is 1. The predicted molar refractivity (Wildman–Crippen MR) is 117 cm³/mol. The van der Waals surface area contributed by atoms with Crippen LogP contribution in [0.15, 0.2) is 0 Å². The van der Waals surface area contributed by atoms with E-state index in [0.29, 0.717) is 12.2 Å². The molecule has 2 aliphatic heterocycles. The zero-order valence-corrected chi connectivity index (χ0v) is 18.6. The molecule has 0 spiro atoms. The van der Waals surface area contributed by atoms with Crippen molar-refractivity contribution in [1.29, 1.82) is 0 Å². The molecule has 2 aliphatic rings. The molecule has 0 saturated carbocycles. The maximum Gasteiger partial charge on any atom is 0.304 e. The maximum absolute atomic E-state index is 12.9. The Labute approximate surface area is 191 Å². The van der Waals surface area contributed by atoms with Crippen LogP contribution in [0.5, 0.6) is 0 Å². The Bertz CT molecular complexity index is 674. The third kappa shape index (κ3) is 9.83. The summed E-state index contributed by atoms with van der Waals surface area (Å²) in [6, 6.07) is -1.35. The van der Waals surface area contributed by atoms with Gasteiger partial charge in [0.25, 0.3) is 5.97 Å². The number of ether oxygens (including phenoxy) is 1. The molecule has 0 aliphatic carbocycles. The Kier molecular flexibility index (Phi) is 13.5. The predicted octanol–water partition coefficient (Wildman–Crippen LogP) is -1.13. The summed E-state index contributed by atoms with van der Waals surface area (Å²) >= 11 is 1.53. The number of hydrogen-bond acceptors (Lipinski definition) is 9. The second-order valence-corrected chi connectivity index (χ2v) is 8.17. The average molecular weight is 479 g/mol. The number of aliphatic carboxylic acids is 1. The van der Waals surface area contributed by atoms with Crippen molar-refractivity contribution in [1.82, 2.24) is 20.9 Å². The van der Waals surface area contributed by atoms with Gasteiger partial charge in [-0.15, -0.1) is 11.8 Å². The highest BCUT2D eigenvalue weighted by molar-refractivity contribution is 8.00. The summed E-state index contributed by atoms with van der Waals surface area (Å²) in [5.74, 6) is -2.02. The lowest BCUT2D eigenvalue weighted by Gasteiger charge is -2.29. The number of fused-ring (bicyclic) bond motifs is 1. The molecule has 2 unspecified atom stereocenters. The maximum atomic E-state index is 12.9. The number of carbonyl (C=O) groups excluding carboxylic acids is 4. The SMILES string of the molecule is C.CC(=O)O.CNCC(=O)N[C@H]1CCCC2SC[C@@H](C(=O)NCC(O)OC(C)=O)N2C1=O. The standard InChI is InChI=1S/C16H26N4O6S.C2H4O2.CH4/c1-9(21)26-14(23)7-18-15(24)11-8-27-13-5-3-4-10(16(25)20(11)13)19-12(22)6-17-2;1-2(3)4;/h10-11,13-14,17,23H,3-8H2,1-2H3,(H,18,24)(H,19,22);1H3,(H,3,4);1H4/t10-,11-,13?,14?;;/m0../s1. The van der Waals surface area contributed by atoms with Gasteiger partial charge in [-0.25, -0.2) is 0 Å². The summed E-state index contributed by atoms with van der Waals surface area (Å²) in [5.41, 5.74) is 0.